The predicted octanol–water partition coefficient (Wildman–Crippen LogP) is 4.53. The number of anilines is 1. The highest BCUT2D eigenvalue weighted by atomic mass is 35.5. The summed E-state index contributed by atoms with van der Waals surface area (Å²) in [6, 6.07) is 13.2. The van der Waals surface area contributed by atoms with Gasteiger partial charge in [-0.1, -0.05) is 29.3 Å². The van der Waals surface area contributed by atoms with Crippen molar-refractivity contribution >= 4 is 23.3 Å². The number of hydrogen-bond acceptors (Lipinski definition) is 2. The number of hydrogen-bond donors (Lipinski definition) is 1. The number of nitrogens with one attached hydrogen (secondary N) is 1. The monoisotopic (exact) mass is 343 g/mol. The van der Waals surface area contributed by atoms with E-state index in [2.05, 4.69) is 10.4 Å². The Bertz CT molecular complexity index is 903. The normalized spacial score (nSPS) is 10.7. The molecule has 122 valence electrons. The maximum atomic E-state index is 13.1. The summed E-state index contributed by atoms with van der Waals surface area (Å²) in [4.78, 5) is 12.4. The molecule has 2 aromatic carbocycles. The molecule has 1 heterocycles. The number of nitrogens with zero attached hydrogens (tertiary/aromatic N) is 2. The van der Waals surface area contributed by atoms with E-state index in [0.29, 0.717) is 5.82 Å². The van der Waals surface area contributed by atoms with Crippen LogP contribution in [-0.4, -0.2) is 15.7 Å². The fourth-order valence-electron chi connectivity index (χ4n) is 2.33. The van der Waals surface area contributed by atoms with Crippen LogP contribution in [0.3, 0.4) is 0 Å². The summed E-state index contributed by atoms with van der Waals surface area (Å²) in [7, 11) is 0. The van der Waals surface area contributed by atoms with Gasteiger partial charge in [-0.3, -0.25) is 4.79 Å². The van der Waals surface area contributed by atoms with E-state index in [1.165, 1.54) is 12.1 Å². The Hall–Kier alpha value is -2.66. The van der Waals surface area contributed by atoms with Crippen LogP contribution in [0.4, 0.5) is 10.2 Å². The molecule has 0 radical (unpaired) electrons. The van der Waals surface area contributed by atoms with E-state index in [1.54, 1.807) is 10.7 Å². The Morgan fingerprint density at radius 1 is 1.12 bits per heavy atom. The molecule has 0 bridgehead atoms. The van der Waals surface area contributed by atoms with E-state index in [0.717, 1.165) is 23.0 Å². The Morgan fingerprint density at radius 2 is 1.83 bits per heavy atom. The van der Waals surface area contributed by atoms with E-state index in [4.69, 9.17) is 11.6 Å². The first-order valence-electron chi connectivity index (χ1n) is 7.34. The molecule has 6 heteroatoms. The van der Waals surface area contributed by atoms with Crippen LogP contribution in [-0.2, 0) is 0 Å². The summed E-state index contributed by atoms with van der Waals surface area (Å²) in [5.41, 5.74) is 2.92. The maximum Gasteiger partial charge on any atom is 0.258 e. The fourth-order valence-corrected chi connectivity index (χ4v) is 2.58. The van der Waals surface area contributed by atoms with Crippen molar-refractivity contribution in [2.24, 2.45) is 0 Å². The van der Waals surface area contributed by atoms with Crippen LogP contribution < -0.4 is 5.32 Å². The molecule has 0 fully saturated rings. The number of carbonyl (C=O) groups is 1. The zero-order valence-electron chi connectivity index (χ0n) is 13.2. The van der Waals surface area contributed by atoms with Crippen molar-refractivity contribution in [1.82, 2.24) is 9.78 Å². The van der Waals surface area contributed by atoms with Gasteiger partial charge in [-0.25, -0.2) is 9.07 Å². The van der Waals surface area contributed by atoms with Gasteiger partial charge in [0, 0.05) is 6.07 Å². The smallest absolute Gasteiger partial charge is 0.258 e. The number of aryl methyl sites for hydroxylation is 2. The highest BCUT2D eigenvalue weighted by Gasteiger charge is 2.15. The van der Waals surface area contributed by atoms with Crippen LogP contribution in [0.25, 0.3) is 5.69 Å². The molecule has 0 aliphatic heterocycles. The van der Waals surface area contributed by atoms with Crippen molar-refractivity contribution in [2.45, 2.75) is 13.8 Å². The van der Waals surface area contributed by atoms with Crippen LogP contribution in [0.15, 0.2) is 48.5 Å². The summed E-state index contributed by atoms with van der Waals surface area (Å²) in [5.74, 6) is -0.396. The Labute approximate surface area is 143 Å². The van der Waals surface area contributed by atoms with Crippen LogP contribution in [0.5, 0.6) is 0 Å². The molecule has 0 spiro atoms. The third-order valence-electron chi connectivity index (χ3n) is 3.53. The van der Waals surface area contributed by atoms with Crippen LogP contribution in [0.2, 0.25) is 5.02 Å². The van der Waals surface area contributed by atoms with Gasteiger partial charge in [0.1, 0.15) is 11.6 Å². The minimum atomic E-state index is -0.489. The Morgan fingerprint density at radius 3 is 2.50 bits per heavy atom. The van der Waals surface area contributed by atoms with Crippen molar-refractivity contribution in [1.29, 1.82) is 0 Å². The van der Waals surface area contributed by atoms with Crippen molar-refractivity contribution < 1.29 is 9.18 Å². The topological polar surface area (TPSA) is 46.9 Å². The lowest BCUT2D eigenvalue weighted by molar-refractivity contribution is 0.102. The molecular formula is C18H15ClFN3O. The lowest BCUT2D eigenvalue weighted by atomic mass is 10.2. The first kappa shape index (κ1) is 16.2. The highest BCUT2D eigenvalue weighted by molar-refractivity contribution is 6.34. The molecule has 0 unspecified atom stereocenters. The molecular weight excluding hydrogens is 329 g/mol. The quantitative estimate of drug-likeness (QED) is 0.759. The van der Waals surface area contributed by atoms with Gasteiger partial charge in [-0.2, -0.15) is 5.10 Å². The average molecular weight is 344 g/mol. The minimum absolute atomic E-state index is 0.0608. The lowest BCUT2D eigenvalue weighted by Gasteiger charge is -2.10. The fraction of sp³-hybridized carbons (Fsp3) is 0.111. The number of carbonyl (C=O) groups excluding carboxylic acids is 1. The van der Waals surface area contributed by atoms with Gasteiger partial charge >= 0.3 is 0 Å². The predicted molar refractivity (Wildman–Crippen MR) is 92.4 cm³/mol. The molecule has 3 aromatic rings. The summed E-state index contributed by atoms with van der Waals surface area (Å²) in [5, 5.41) is 7.24. The van der Waals surface area contributed by atoms with Crippen LogP contribution in [0.1, 0.15) is 21.6 Å². The summed E-state index contributed by atoms with van der Waals surface area (Å²) >= 11 is 5.95. The Balaban J connectivity index is 1.93. The number of amides is 1. The SMILES string of the molecule is Cc1ccc(-n2nc(C)cc2NC(=O)c2ccc(F)cc2Cl)cc1. The molecule has 0 saturated carbocycles. The number of halogens is 2. The summed E-state index contributed by atoms with van der Waals surface area (Å²) < 4.78 is 14.8. The maximum absolute atomic E-state index is 13.1. The third kappa shape index (κ3) is 3.31. The van der Waals surface area contributed by atoms with Crippen molar-refractivity contribution in [3.05, 3.63) is 76.2 Å². The molecule has 3 rings (SSSR count). The van der Waals surface area contributed by atoms with Crippen LogP contribution >= 0.6 is 11.6 Å². The minimum Gasteiger partial charge on any atom is -0.306 e. The van der Waals surface area contributed by atoms with Gasteiger partial charge in [0.05, 0.1) is 22.0 Å². The van der Waals surface area contributed by atoms with Gasteiger partial charge in [0.25, 0.3) is 5.91 Å². The summed E-state index contributed by atoms with van der Waals surface area (Å²) in [6.07, 6.45) is 0. The van der Waals surface area contributed by atoms with Gasteiger partial charge in [-0.05, 0) is 44.2 Å². The molecule has 0 aliphatic carbocycles. The van der Waals surface area contributed by atoms with Gasteiger partial charge in [0.2, 0.25) is 0 Å². The molecule has 0 atom stereocenters. The van der Waals surface area contributed by atoms with Crippen molar-refractivity contribution in [2.75, 3.05) is 5.32 Å². The lowest BCUT2D eigenvalue weighted by Crippen LogP contribution is -2.15. The average Bonchev–Trinajstić information content (AvgIpc) is 2.88. The standard InChI is InChI=1S/C18H15ClFN3O/c1-11-3-6-14(7-4-11)23-17(9-12(2)22-23)21-18(24)15-8-5-13(20)10-16(15)19/h3-10H,1-2H3,(H,21,24). The highest BCUT2D eigenvalue weighted by Crippen LogP contribution is 2.21. The summed E-state index contributed by atoms with van der Waals surface area (Å²) in [6.45, 7) is 3.84. The second-order valence-corrected chi connectivity index (χ2v) is 5.90. The number of aromatic nitrogens is 2. The zero-order chi connectivity index (χ0) is 17.3. The Kier molecular flexibility index (Phi) is 4.36. The van der Waals surface area contributed by atoms with Crippen LogP contribution in [0, 0.1) is 19.7 Å². The van der Waals surface area contributed by atoms with E-state index in [9.17, 15) is 9.18 Å². The van der Waals surface area contributed by atoms with Crippen molar-refractivity contribution in [3.63, 3.8) is 0 Å². The van der Waals surface area contributed by atoms with Gasteiger partial charge in [0.15, 0.2) is 0 Å². The zero-order valence-corrected chi connectivity index (χ0v) is 13.9. The molecule has 0 saturated heterocycles. The van der Waals surface area contributed by atoms with E-state index in [1.807, 2.05) is 38.1 Å². The van der Waals surface area contributed by atoms with Gasteiger partial charge < -0.3 is 5.32 Å². The molecule has 24 heavy (non-hydrogen) atoms. The molecule has 1 N–H and O–H groups in total. The molecule has 4 nitrogen and oxygen atoms in total. The first-order chi connectivity index (χ1) is 11.4. The molecule has 1 amide bonds. The van der Waals surface area contributed by atoms with Gasteiger partial charge in [-0.15, -0.1) is 0 Å². The number of benzene rings is 2. The van der Waals surface area contributed by atoms with E-state index >= 15 is 0 Å². The third-order valence-corrected chi connectivity index (χ3v) is 3.84. The second kappa shape index (κ2) is 6.45. The van der Waals surface area contributed by atoms with Crippen molar-refractivity contribution in [3.8, 4) is 5.69 Å². The largest absolute Gasteiger partial charge is 0.306 e. The number of rotatable bonds is 3. The van der Waals surface area contributed by atoms with E-state index < -0.39 is 11.7 Å². The second-order valence-electron chi connectivity index (χ2n) is 5.50. The molecule has 0 aliphatic rings. The van der Waals surface area contributed by atoms with E-state index in [-0.39, 0.29) is 10.6 Å². The first-order valence-corrected chi connectivity index (χ1v) is 7.72. The molecule has 1 aromatic heterocycles.